The van der Waals surface area contributed by atoms with Gasteiger partial charge in [0.15, 0.2) is 0 Å². The Labute approximate surface area is 112 Å². The van der Waals surface area contributed by atoms with E-state index in [0.717, 1.165) is 23.8 Å². The van der Waals surface area contributed by atoms with Gasteiger partial charge in [-0.15, -0.1) is 0 Å². The number of nitrogens with one attached hydrogen (secondary N) is 1. The van der Waals surface area contributed by atoms with E-state index in [0.29, 0.717) is 5.92 Å². The van der Waals surface area contributed by atoms with Crippen molar-refractivity contribution in [2.45, 2.75) is 18.8 Å². The predicted molar refractivity (Wildman–Crippen MR) is 73.4 cm³/mol. The maximum atomic E-state index is 5.89. The Hall–Kier alpha value is -1.32. The van der Waals surface area contributed by atoms with Crippen LogP contribution >= 0.6 is 11.6 Å². The fourth-order valence-electron chi connectivity index (χ4n) is 2.44. The third-order valence-corrected chi connectivity index (χ3v) is 3.76. The monoisotopic (exact) mass is 261 g/mol. The molecule has 2 heterocycles. The van der Waals surface area contributed by atoms with E-state index in [2.05, 4.69) is 16.6 Å². The molecule has 0 aliphatic carbocycles. The summed E-state index contributed by atoms with van der Waals surface area (Å²) in [5, 5.41) is 8.59. The van der Waals surface area contributed by atoms with Gasteiger partial charge >= 0.3 is 0 Å². The molecular formula is C14H16ClN3. The molecule has 0 bridgehead atoms. The fraction of sp³-hybridized carbons (Fsp3) is 0.357. The van der Waals surface area contributed by atoms with Gasteiger partial charge in [-0.3, -0.25) is 0 Å². The van der Waals surface area contributed by atoms with Gasteiger partial charge < -0.3 is 5.32 Å². The third kappa shape index (κ3) is 2.42. The Morgan fingerprint density at radius 2 is 1.89 bits per heavy atom. The second-order valence-corrected chi connectivity index (χ2v) is 5.16. The van der Waals surface area contributed by atoms with Gasteiger partial charge in [0, 0.05) is 11.2 Å². The first-order valence-corrected chi connectivity index (χ1v) is 6.72. The number of hydrogen-bond acceptors (Lipinski definition) is 2. The molecule has 0 amide bonds. The summed E-state index contributed by atoms with van der Waals surface area (Å²) >= 11 is 5.89. The summed E-state index contributed by atoms with van der Waals surface area (Å²) in [6.45, 7) is 2.22. The maximum absolute atomic E-state index is 5.89. The first-order chi connectivity index (χ1) is 8.83. The minimum Gasteiger partial charge on any atom is -0.317 e. The Bertz CT molecular complexity index is 512. The smallest absolute Gasteiger partial charge is 0.0646 e. The molecule has 3 nitrogen and oxygen atoms in total. The average molecular weight is 262 g/mol. The first-order valence-electron chi connectivity index (χ1n) is 6.34. The number of hydrogen-bond donors (Lipinski definition) is 1. The summed E-state index contributed by atoms with van der Waals surface area (Å²) in [6, 6.07) is 7.76. The van der Waals surface area contributed by atoms with Crippen LogP contribution < -0.4 is 5.32 Å². The van der Waals surface area contributed by atoms with Crippen LogP contribution in [0.1, 0.15) is 24.3 Å². The van der Waals surface area contributed by atoms with Crippen LogP contribution in [0.3, 0.4) is 0 Å². The molecule has 1 aliphatic rings. The maximum Gasteiger partial charge on any atom is 0.0646 e. The van der Waals surface area contributed by atoms with Crippen LogP contribution in [0.25, 0.3) is 5.69 Å². The van der Waals surface area contributed by atoms with Gasteiger partial charge in [0.1, 0.15) is 0 Å². The fourth-order valence-corrected chi connectivity index (χ4v) is 2.56. The predicted octanol–water partition coefficient (Wildman–Crippen LogP) is 2.99. The lowest BCUT2D eigenvalue weighted by molar-refractivity contribution is 0.460. The molecule has 94 valence electrons. The van der Waals surface area contributed by atoms with Crippen molar-refractivity contribution >= 4 is 11.6 Å². The number of rotatable bonds is 2. The van der Waals surface area contributed by atoms with Crippen LogP contribution in [-0.2, 0) is 0 Å². The number of nitrogens with zero attached hydrogens (tertiary/aromatic N) is 2. The molecule has 3 rings (SSSR count). The van der Waals surface area contributed by atoms with Gasteiger partial charge in [0.2, 0.25) is 0 Å². The molecule has 0 unspecified atom stereocenters. The van der Waals surface area contributed by atoms with Crippen LogP contribution in [0.15, 0.2) is 36.7 Å². The minimum absolute atomic E-state index is 0.646. The Morgan fingerprint density at radius 3 is 2.61 bits per heavy atom. The van der Waals surface area contributed by atoms with Crippen molar-refractivity contribution in [1.29, 1.82) is 0 Å². The van der Waals surface area contributed by atoms with Gasteiger partial charge in [0.25, 0.3) is 0 Å². The molecule has 0 radical (unpaired) electrons. The Kier molecular flexibility index (Phi) is 3.35. The quantitative estimate of drug-likeness (QED) is 0.901. The van der Waals surface area contributed by atoms with E-state index in [1.165, 1.54) is 18.4 Å². The van der Waals surface area contributed by atoms with E-state index < -0.39 is 0 Å². The van der Waals surface area contributed by atoms with Crippen LogP contribution in [0, 0.1) is 0 Å². The van der Waals surface area contributed by atoms with E-state index in [-0.39, 0.29) is 0 Å². The molecule has 1 saturated heterocycles. The molecule has 0 spiro atoms. The summed E-state index contributed by atoms with van der Waals surface area (Å²) in [7, 11) is 0. The van der Waals surface area contributed by atoms with Crippen molar-refractivity contribution in [3.8, 4) is 5.69 Å². The zero-order valence-electron chi connectivity index (χ0n) is 10.1. The standard InChI is InChI=1S/C14H16ClN3/c15-13-1-3-14(4-2-13)18-10-12(9-17-18)11-5-7-16-8-6-11/h1-4,9-11,16H,5-8H2. The van der Waals surface area contributed by atoms with Gasteiger partial charge in [0.05, 0.1) is 11.9 Å². The van der Waals surface area contributed by atoms with E-state index >= 15 is 0 Å². The van der Waals surface area contributed by atoms with Crippen molar-refractivity contribution in [3.05, 3.63) is 47.2 Å². The summed E-state index contributed by atoms with van der Waals surface area (Å²) in [5.41, 5.74) is 2.39. The summed E-state index contributed by atoms with van der Waals surface area (Å²) < 4.78 is 1.92. The van der Waals surface area contributed by atoms with E-state index in [1.807, 2.05) is 35.1 Å². The molecule has 0 atom stereocenters. The molecular weight excluding hydrogens is 246 g/mol. The molecule has 18 heavy (non-hydrogen) atoms. The molecule has 0 saturated carbocycles. The van der Waals surface area contributed by atoms with Gasteiger partial charge in [-0.25, -0.2) is 4.68 Å². The SMILES string of the molecule is Clc1ccc(-n2cc(C3CCNCC3)cn2)cc1. The third-order valence-electron chi connectivity index (χ3n) is 3.50. The highest BCUT2D eigenvalue weighted by atomic mass is 35.5. The van der Waals surface area contributed by atoms with Gasteiger partial charge in [-0.2, -0.15) is 5.10 Å². The van der Waals surface area contributed by atoms with Crippen molar-refractivity contribution in [2.24, 2.45) is 0 Å². The minimum atomic E-state index is 0.646. The topological polar surface area (TPSA) is 29.9 Å². The van der Waals surface area contributed by atoms with Crippen molar-refractivity contribution < 1.29 is 0 Å². The van der Waals surface area contributed by atoms with Crippen LogP contribution in [0.4, 0.5) is 0 Å². The largest absolute Gasteiger partial charge is 0.317 e. The van der Waals surface area contributed by atoms with Crippen molar-refractivity contribution in [2.75, 3.05) is 13.1 Å². The highest BCUT2D eigenvalue weighted by Gasteiger charge is 2.16. The number of piperidine rings is 1. The van der Waals surface area contributed by atoms with Gasteiger partial charge in [-0.1, -0.05) is 11.6 Å². The highest BCUT2D eigenvalue weighted by Crippen LogP contribution is 2.25. The highest BCUT2D eigenvalue weighted by molar-refractivity contribution is 6.30. The van der Waals surface area contributed by atoms with E-state index in [9.17, 15) is 0 Å². The van der Waals surface area contributed by atoms with Crippen molar-refractivity contribution in [1.82, 2.24) is 15.1 Å². The molecule has 1 N–H and O–H groups in total. The molecule has 4 heteroatoms. The second-order valence-electron chi connectivity index (χ2n) is 4.72. The summed E-state index contributed by atoms with van der Waals surface area (Å²) in [5.74, 6) is 0.646. The average Bonchev–Trinajstić information content (AvgIpc) is 2.90. The second kappa shape index (κ2) is 5.12. The van der Waals surface area contributed by atoms with Crippen LogP contribution in [0.2, 0.25) is 5.02 Å². The number of benzene rings is 1. The normalized spacial score (nSPS) is 16.9. The van der Waals surface area contributed by atoms with Gasteiger partial charge in [-0.05, 0) is 61.7 Å². The lowest BCUT2D eigenvalue weighted by Gasteiger charge is -2.21. The lowest BCUT2D eigenvalue weighted by atomic mass is 9.93. The zero-order chi connectivity index (χ0) is 12.4. The molecule has 1 fully saturated rings. The molecule has 1 aliphatic heterocycles. The molecule has 1 aromatic carbocycles. The van der Waals surface area contributed by atoms with Crippen LogP contribution in [0.5, 0.6) is 0 Å². The summed E-state index contributed by atoms with van der Waals surface area (Å²) in [4.78, 5) is 0. The van der Waals surface area contributed by atoms with Crippen LogP contribution in [-0.4, -0.2) is 22.9 Å². The van der Waals surface area contributed by atoms with E-state index in [1.54, 1.807) is 0 Å². The molecule has 1 aromatic heterocycles. The number of halogens is 1. The Balaban J connectivity index is 1.82. The first kappa shape index (κ1) is 11.8. The zero-order valence-corrected chi connectivity index (χ0v) is 10.9. The lowest BCUT2D eigenvalue weighted by Crippen LogP contribution is -2.26. The molecule has 2 aromatic rings. The number of aromatic nitrogens is 2. The Morgan fingerprint density at radius 1 is 1.17 bits per heavy atom. The van der Waals surface area contributed by atoms with Crippen molar-refractivity contribution in [3.63, 3.8) is 0 Å². The van der Waals surface area contributed by atoms with E-state index in [4.69, 9.17) is 11.6 Å². The summed E-state index contributed by atoms with van der Waals surface area (Å²) in [6.07, 6.45) is 6.53.